The predicted molar refractivity (Wildman–Crippen MR) is 144 cm³/mol. The molecule has 0 aromatic heterocycles. The van der Waals surface area contributed by atoms with Gasteiger partial charge in [0.1, 0.15) is 11.2 Å². The molecular weight excluding hydrogens is 540 g/mol. The van der Waals surface area contributed by atoms with Gasteiger partial charge in [0.05, 0.1) is 4.48 Å². The smallest absolute Gasteiger partial charge is 0.410 e. The van der Waals surface area contributed by atoms with Gasteiger partial charge in [-0.1, -0.05) is 12.2 Å². The molecule has 9 heteroatoms. The summed E-state index contributed by atoms with van der Waals surface area (Å²) in [5.41, 5.74) is -1.44. The number of carbonyl (C=O) groups excluding carboxylic acids is 4. The molecule has 0 aromatic carbocycles. The highest BCUT2D eigenvalue weighted by Crippen LogP contribution is 2.44. The Hall–Kier alpha value is -2.16. The van der Waals surface area contributed by atoms with Crippen molar-refractivity contribution in [3.05, 3.63) is 22.7 Å². The van der Waals surface area contributed by atoms with Crippen molar-refractivity contribution in [2.24, 2.45) is 10.8 Å². The minimum Gasteiger partial charge on any atom is -0.444 e. The first kappa shape index (κ1) is 29.4. The van der Waals surface area contributed by atoms with E-state index in [-0.39, 0.29) is 34.6 Å². The van der Waals surface area contributed by atoms with Crippen LogP contribution in [-0.4, -0.2) is 70.9 Å². The molecule has 0 saturated carbocycles. The summed E-state index contributed by atoms with van der Waals surface area (Å²) in [6.45, 7) is 13.6. The van der Waals surface area contributed by atoms with E-state index in [0.29, 0.717) is 30.7 Å². The summed E-state index contributed by atoms with van der Waals surface area (Å²) < 4.78 is 11.4. The fourth-order valence-electron chi connectivity index (χ4n) is 5.16. The number of piperidine rings is 2. The number of ketones is 2. The Labute approximate surface area is 228 Å². The van der Waals surface area contributed by atoms with Gasteiger partial charge in [-0.3, -0.25) is 9.59 Å². The van der Waals surface area contributed by atoms with Crippen molar-refractivity contribution < 1.29 is 28.7 Å². The van der Waals surface area contributed by atoms with E-state index < -0.39 is 11.2 Å². The summed E-state index contributed by atoms with van der Waals surface area (Å²) in [4.78, 5) is 51.2. The van der Waals surface area contributed by atoms with E-state index in [2.05, 4.69) is 15.9 Å². The summed E-state index contributed by atoms with van der Waals surface area (Å²) >= 11 is 3.30. The largest absolute Gasteiger partial charge is 0.444 e. The molecule has 206 valence electrons. The molecular formula is C28H41BrN2O6. The topological polar surface area (TPSA) is 93.2 Å². The second-order valence-electron chi connectivity index (χ2n) is 12.6. The molecule has 0 radical (unpaired) electrons. The SMILES string of the molecule is CC(C)(C)OC(=O)N1CCC2(CC=C(Br)C2=O)CC1.CC(C)(C)OC(=O)N1CCC2(CC=CC2=O)CC1. The molecule has 2 amide bonds. The van der Waals surface area contributed by atoms with Gasteiger partial charge in [0, 0.05) is 37.0 Å². The van der Waals surface area contributed by atoms with Crippen LogP contribution in [0.5, 0.6) is 0 Å². The van der Waals surface area contributed by atoms with Gasteiger partial charge >= 0.3 is 12.2 Å². The first-order valence-corrected chi connectivity index (χ1v) is 13.9. The predicted octanol–water partition coefficient (Wildman–Crippen LogP) is 5.79. The van der Waals surface area contributed by atoms with Crippen molar-refractivity contribution in [3.8, 4) is 0 Å². The quantitative estimate of drug-likeness (QED) is 0.360. The van der Waals surface area contributed by atoms with Crippen LogP contribution in [0, 0.1) is 10.8 Å². The third-order valence-electron chi connectivity index (χ3n) is 7.42. The number of nitrogens with zero attached hydrogens (tertiary/aromatic N) is 2. The van der Waals surface area contributed by atoms with Gasteiger partial charge in [0.25, 0.3) is 0 Å². The molecule has 2 heterocycles. The lowest BCUT2D eigenvalue weighted by Gasteiger charge is -2.38. The average Bonchev–Trinajstić information content (AvgIpc) is 3.27. The summed E-state index contributed by atoms with van der Waals surface area (Å²) in [5, 5.41) is 0. The number of ether oxygens (including phenoxy) is 2. The number of likely N-dealkylation sites (tertiary alicyclic amines) is 2. The van der Waals surface area contributed by atoms with Crippen molar-refractivity contribution in [3.63, 3.8) is 0 Å². The second kappa shape index (κ2) is 10.9. The number of Topliss-reactive ketones (excluding diaryl/α,β-unsaturated/α-hetero) is 1. The highest BCUT2D eigenvalue weighted by molar-refractivity contribution is 9.12. The van der Waals surface area contributed by atoms with Gasteiger partial charge in [-0.15, -0.1) is 0 Å². The van der Waals surface area contributed by atoms with Crippen LogP contribution in [0.25, 0.3) is 0 Å². The number of amides is 2. The minimum atomic E-state index is -0.472. The monoisotopic (exact) mass is 580 g/mol. The Morgan fingerprint density at radius 2 is 1.22 bits per heavy atom. The molecule has 4 aliphatic rings. The summed E-state index contributed by atoms with van der Waals surface area (Å²) in [6, 6.07) is 0. The third kappa shape index (κ3) is 7.24. The van der Waals surface area contributed by atoms with Crippen molar-refractivity contribution in [1.29, 1.82) is 0 Å². The number of allylic oxidation sites excluding steroid dienone is 4. The van der Waals surface area contributed by atoms with Crippen LogP contribution in [0.2, 0.25) is 0 Å². The molecule has 2 aliphatic carbocycles. The normalized spacial score (nSPS) is 22.6. The Bertz CT molecular complexity index is 972. The van der Waals surface area contributed by atoms with Crippen LogP contribution >= 0.6 is 15.9 Å². The maximum Gasteiger partial charge on any atom is 0.410 e. The van der Waals surface area contributed by atoms with E-state index in [0.717, 1.165) is 38.5 Å². The van der Waals surface area contributed by atoms with Gasteiger partial charge in [-0.2, -0.15) is 0 Å². The first-order chi connectivity index (χ1) is 17.1. The number of hydrogen-bond acceptors (Lipinski definition) is 6. The Kier molecular flexibility index (Phi) is 8.67. The lowest BCUT2D eigenvalue weighted by Crippen LogP contribution is -2.46. The Morgan fingerprint density at radius 1 is 0.784 bits per heavy atom. The Balaban J connectivity index is 0.000000206. The van der Waals surface area contributed by atoms with Crippen molar-refractivity contribution >= 4 is 39.7 Å². The molecule has 37 heavy (non-hydrogen) atoms. The zero-order chi connectivity index (χ0) is 27.6. The maximum absolute atomic E-state index is 12.1. The molecule has 2 fully saturated rings. The van der Waals surface area contributed by atoms with Crippen LogP contribution in [0.1, 0.15) is 80.1 Å². The molecule has 0 N–H and O–H groups in total. The van der Waals surface area contributed by atoms with Gasteiger partial charge in [0.15, 0.2) is 11.6 Å². The summed E-state index contributed by atoms with van der Waals surface area (Å²) in [7, 11) is 0. The minimum absolute atomic E-state index is 0.191. The number of carbonyl (C=O) groups is 4. The van der Waals surface area contributed by atoms with E-state index in [1.807, 2.05) is 53.7 Å². The van der Waals surface area contributed by atoms with Crippen LogP contribution in [0.3, 0.4) is 0 Å². The number of halogens is 1. The van der Waals surface area contributed by atoms with E-state index in [9.17, 15) is 19.2 Å². The lowest BCUT2D eigenvalue weighted by atomic mass is 9.75. The van der Waals surface area contributed by atoms with E-state index in [4.69, 9.17) is 9.47 Å². The van der Waals surface area contributed by atoms with Gasteiger partial charge in [-0.25, -0.2) is 9.59 Å². The number of rotatable bonds is 0. The van der Waals surface area contributed by atoms with Crippen LogP contribution in [0.4, 0.5) is 9.59 Å². The van der Waals surface area contributed by atoms with E-state index in [1.54, 1.807) is 15.9 Å². The van der Waals surface area contributed by atoms with E-state index >= 15 is 0 Å². The van der Waals surface area contributed by atoms with Gasteiger partial charge < -0.3 is 19.3 Å². The molecule has 0 bridgehead atoms. The standard InChI is InChI=1S/C14H20BrNO3.C14H21NO3/c1-13(2,3)19-12(18)16-8-6-14(7-9-16)5-4-10(15)11(14)17;1-13(2,3)18-12(17)15-9-7-14(8-10-15)6-4-5-11(14)16/h4H,5-9H2,1-3H3;4-5H,6-10H2,1-3H3. The molecule has 2 aliphatic heterocycles. The molecule has 0 aromatic rings. The van der Waals surface area contributed by atoms with Crippen LogP contribution in [0.15, 0.2) is 22.7 Å². The molecule has 0 unspecified atom stereocenters. The van der Waals surface area contributed by atoms with Crippen LogP contribution in [-0.2, 0) is 19.1 Å². The fourth-order valence-corrected chi connectivity index (χ4v) is 5.74. The zero-order valence-corrected chi connectivity index (χ0v) is 24.6. The first-order valence-electron chi connectivity index (χ1n) is 13.1. The number of hydrogen-bond donors (Lipinski definition) is 0. The van der Waals surface area contributed by atoms with Gasteiger partial charge in [-0.05, 0) is 102 Å². The zero-order valence-electron chi connectivity index (χ0n) is 23.0. The van der Waals surface area contributed by atoms with Gasteiger partial charge in [0.2, 0.25) is 0 Å². The van der Waals surface area contributed by atoms with Crippen molar-refractivity contribution in [2.45, 2.75) is 91.3 Å². The highest BCUT2D eigenvalue weighted by atomic mass is 79.9. The Morgan fingerprint density at radius 3 is 1.54 bits per heavy atom. The molecule has 0 atom stereocenters. The fraction of sp³-hybridized carbons (Fsp3) is 0.714. The third-order valence-corrected chi connectivity index (χ3v) is 8.10. The molecule has 2 saturated heterocycles. The molecule has 8 nitrogen and oxygen atoms in total. The van der Waals surface area contributed by atoms with Crippen molar-refractivity contribution in [2.75, 3.05) is 26.2 Å². The second-order valence-corrected chi connectivity index (χ2v) is 13.4. The van der Waals surface area contributed by atoms with Crippen LogP contribution < -0.4 is 0 Å². The summed E-state index contributed by atoms with van der Waals surface area (Å²) in [6.07, 6.45) is 9.59. The molecule has 2 spiro atoms. The highest BCUT2D eigenvalue weighted by Gasteiger charge is 2.46. The van der Waals surface area contributed by atoms with Crippen molar-refractivity contribution in [1.82, 2.24) is 9.80 Å². The maximum atomic E-state index is 12.1. The average molecular weight is 582 g/mol. The summed E-state index contributed by atoms with van der Waals surface area (Å²) in [5.74, 6) is 0.419. The molecule has 4 rings (SSSR count). The van der Waals surface area contributed by atoms with E-state index in [1.165, 1.54) is 0 Å². The lowest BCUT2D eigenvalue weighted by molar-refractivity contribution is -0.126.